The number of nitrogens with zero attached hydrogens (tertiary/aromatic N) is 1. The van der Waals surface area contributed by atoms with Crippen LogP contribution in [0.1, 0.15) is 43.7 Å². The second-order valence-electron chi connectivity index (χ2n) is 5.01. The molecule has 1 aliphatic carbocycles. The van der Waals surface area contributed by atoms with Gasteiger partial charge in [0.05, 0.1) is 24.3 Å². The number of hydrogen-bond acceptors (Lipinski definition) is 2. The van der Waals surface area contributed by atoms with Gasteiger partial charge in [-0.2, -0.15) is 5.26 Å². The average Bonchev–Trinajstić information content (AvgIpc) is 2.38. The maximum atomic E-state index is 8.82. The van der Waals surface area contributed by atoms with Gasteiger partial charge in [-0.3, -0.25) is 0 Å². The van der Waals surface area contributed by atoms with Crippen molar-refractivity contribution in [1.82, 2.24) is 0 Å². The standard InChI is InChI=1S/C15H19NO/c1-12-5-7-15(8-6-12)17-11-14-4-2-3-13(9-14)10-16/h2-4,9,12,15H,5-8,11H2,1H3. The number of hydrogen-bond donors (Lipinski definition) is 0. The van der Waals surface area contributed by atoms with E-state index in [1.54, 1.807) is 0 Å². The molecule has 2 rings (SSSR count). The second kappa shape index (κ2) is 5.84. The molecule has 0 atom stereocenters. The van der Waals surface area contributed by atoms with E-state index < -0.39 is 0 Å². The van der Waals surface area contributed by atoms with Gasteiger partial charge in [0.15, 0.2) is 0 Å². The van der Waals surface area contributed by atoms with Gasteiger partial charge in [-0.15, -0.1) is 0 Å². The van der Waals surface area contributed by atoms with E-state index in [0.717, 1.165) is 11.5 Å². The third kappa shape index (κ3) is 3.57. The van der Waals surface area contributed by atoms with Crippen molar-refractivity contribution in [2.45, 2.75) is 45.3 Å². The monoisotopic (exact) mass is 229 g/mol. The first kappa shape index (κ1) is 12.1. The first-order valence-corrected chi connectivity index (χ1v) is 6.38. The van der Waals surface area contributed by atoms with Gasteiger partial charge < -0.3 is 4.74 Å². The SMILES string of the molecule is CC1CCC(OCc2cccc(C#N)c2)CC1. The fourth-order valence-electron chi connectivity index (χ4n) is 2.34. The molecular weight excluding hydrogens is 210 g/mol. The van der Waals surface area contributed by atoms with Crippen molar-refractivity contribution in [3.05, 3.63) is 35.4 Å². The second-order valence-corrected chi connectivity index (χ2v) is 5.01. The van der Waals surface area contributed by atoms with E-state index in [4.69, 9.17) is 10.00 Å². The van der Waals surface area contributed by atoms with Gasteiger partial charge in [0, 0.05) is 0 Å². The van der Waals surface area contributed by atoms with Crippen LogP contribution in [0.15, 0.2) is 24.3 Å². The van der Waals surface area contributed by atoms with Gasteiger partial charge in [-0.25, -0.2) is 0 Å². The Morgan fingerprint density at radius 2 is 2.06 bits per heavy atom. The highest BCUT2D eigenvalue weighted by Crippen LogP contribution is 2.26. The summed E-state index contributed by atoms with van der Waals surface area (Å²) in [6, 6.07) is 9.83. The lowest BCUT2D eigenvalue weighted by atomic mass is 9.89. The maximum Gasteiger partial charge on any atom is 0.0991 e. The molecule has 0 amide bonds. The van der Waals surface area contributed by atoms with Crippen molar-refractivity contribution >= 4 is 0 Å². The van der Waals surface area contributed by atoms with Gasteiger partial charge >= 0.3 is 0 Å². The van der Waals surface area contributed by atoms with Crippen molar-refractivity contribution in [1.29, 1.82) is 5.26 Å². The molecule has 0 heterocycles. The van der Waals surface area contributed by atoms with Gasteiger partial charge in [0.25, 0.3) is 0 Å². The quantitative estimate of drug-likeness (QED) is 0.792. The van der Waals surface area contributed by atoms with E-state index in [9.17, 15) is 0 Å². The summed E-state index contributed by atoms with van der Waals surface area (Å²) in [6.45, 7) is 2.95. The van der Waals surface area contributed by atoms with Crippen LogP contribution in [-0.2, 0) is 11.3 Å². The molecule has 0 saturated heterocycles. The molecule has 0 unspecified atom stereocenters. The van der Waals surface area contributed by atoms with Crippen molar-refractivity contribution in [2.75, 3.05) is 0 Å². The minimum atomic E-state index is 0.414. The van der Waals surface area contributed by atoms with E-state index >= 15 is 0 Å². The summed E-state index contributed by atoms with van der Waals surface area (Å²) in [7, 11) is 0. The van der Waals surface area contributed by atoms with E-state index in [0.29, 0.717) is 18.3 Å². The van der Waals surface area contributed by atoms with Crippen LogP contribution in [0.5, 0.6) is 0 Å². The van der Waals surface area contributed by atoms with Crippen LogP contribution < -0.4 is 0 Å². The van der Waals surface area contributed by atoms with Crippen molar-refractivity contribution in [3.8, 4) is 6.07 Å². The fraction of sp³-hybridized carbons (Fsp3) is 0.533. The third-order valence-corrected chi connectivity index (χ3v) is 3.50. The summed E-state index contributed by atoms with van der Waals surface area (Å²) in [5, 5.41) is 8.82. The first-order valence-electron chi connectivity index (χ1n) is 6.38. The van der Waals surface area contributed by atoms with Crippen LogP contribution in [0, 0.1) is 17.2 Å². The maximum absolute atomic E-state index is 8.82. The minimum Gasteiger partial charge on any atom is -0.374 e. The van der Waals surface area contributed by atoms with Crippen LogP contribution in [-0.4, -0.2) is 6.10 Å². The van der Waals surface area contributed by atoms with E-state index in [-0.39, 0.29) is 0 Å². The summed E-state index contributed by atoms with van der Waals surface area (Å²) in [5.41, 5.74) is 1.81. The molecule has 0 bridgehead atoms. The van der Waals surface area contributed by atoms with Crippen LogP contribution in [0.2, 0.25) is 0 Å². The minimum absolute atomic E-state index is 0.414. The van der Waals surface area contributed by atoms with Crippen LogP contribution in [0.4, 0.5) is 0 Å². The number of rotatable bonds is 3. The van der Waals surface area contributed by atoms with E-state index in [2.05, 4.69) is 13.0 Å². The Hall–Kier alpha value is -1.33. The molecule has 0 N–H and O–H groups in total. The lowest BCUT2D eigenvalue weighted by Gasteiger charge is -2.26. The Kier molecular flexibility index (Phi) is 4.17. The molecule has 90 valence electrons. The molecule has 0 aromatic heterocycles. The molecule has 2 heteroatoms. The normalized spacial score (nSPS) is 24.2. The predicted octanol–water partition coefficient (Wildman–Crippen LogP) is 3.65. The summed E-state index contributed by atoms with van der Waals surface area (Å²) in [5.74, 6) is 0.858. The summed E-state index contributed by atoms with van der Waals surface area (Å²) in [6.07, 6.45) is 5.33. The smallest absolute Gasteiger partial charge is 0.0991 e. The van der Waals surface area contributed by atoms with Crippen LogP contribution in [0.3, 0.4) is 0 Å². The highest BCUT2D eigenvalue weighted by atomic mass is 16.5. The van der Waals surface area contributed by atoms with Crippen LogP contribution in [0.25, 0.3) is 0 Å². The average molecular weight is 229 g/mol. The lowest BCUT2D eigenvalue weighted by Crippen LogP contribution is -2.20. The van der Waals surface area contributed by atoms with E-state index in [1.165, 1.54) is 25.7 Å². The number of benzene rings is 1. The number of ether oxygens (including phenoxy) is 1. The molecule has 1 aliphatic rings. The van der Waals surface area contributed by atoms with Gasteiger partial charge in [-0.1, -0.05) is 19.1 Å². The Labute approximate surface area is 103 Å². The summed E-state index contributed by atoms with van der Waals surface area (Å²) < 4.78 is 5.91. The largest absolute Gasteiger partial charge is 0.374 e. The Bertz CT molecular complexity index is 400. The third-order valence-electron chi connectivity index (χ3n) is 3.50. The summed E-state index contributed by atoms with van der Waals surface area (Å²) >= 11 is 0. The topological polar surface area (TPSA) is 33.0 Å². The Morgan fingerprint density at radius 1 is 1.29 bits per heavy atom. The zero-order chi connectivity index (χ0) is 12.1. The molecule has 1 fully saturated rings. The van der Waals surface area contributed by atoms with Gasteiger partial charge in [0.2, 0.25) is 0 Å². The van der Waals surface area contributed by atoms with Crippen molar-refractivity contribution < 1.29 is 4.74 Å². The highest BCUT2D eigenvalue weighted by molar-refractivity contribution is 5.32. The lowest BCUT2D eigenvalue weighted by molar-refractivity contribution is 0.00877. The first-order chi connectivity index (χ1) is 8.28. The Balaban J connectivity index is 1.83. The molecular formula is C15H19NO. The summed E-state index contributed by atoms with van der Waals surface area (Å²) in [4.78, 5) is 0. The molecule has 0 radical (unpaired) electrons. The fourth-order valence-corrected chi connectivity index (χ4v) is 2.34. The van der Waals surface area contributed by atoms with Gasteiger partial charge in [0.1, 0.15) is 0 Å². The highest BCUT2D eigenvalue weighted by Gasteiger charge is 2.18. The molecule has 2 nitrogen and oxygen atoms in total. The molecule has 0 aliphatic heterocycles. The zero-order valence-corrected chi connectivity index (χ0v) is 10.4. The van der Waals surface area contributed by atoms with Gasteiger partial charge in [-0.05, 0) is 49.3 Å². The zero-order valence-electron chi connectivity index (χ0n) is 10.4. The number of nitriles is 1. The molecule has 1 aromatic rings. The van der Waals surface area contributed by atoms with Crippen molar-refractivity contribution in [3.63, 3.8) is 0 Å². The molecule has 1 saturated carbocycles. The van der Waals surface area contributed by atoms with Crippen molar-refractivity contribution in [2.24, 2.45) is 5.92 Å². The van der Waals surface area contributed by atoms with Crippen LogP contribution >= 0.6 is 0 Å². The predicted molar refractivity (Wildman–Crippen MR) is 67.4 cm³/mol. The molecule has 0 spiro atoms. The molecule has 1 aromatic carbocycles. The molecule has 17 heavy (non-hydrogen) atoms. The Morgan fingerprint density at radius 3 is 2.76 bits per heavy atom. The van der Waals surface area contributed by atoms with E-state index in [1.807, 2.05) is 24.3 Å².